The Hall–Kier alpha value is -1.17. The molecule has 0 saturated carbocycles. The molecule has 1 aliphatic rings. The van der Waals surface area contributed by atoms with Gasteiger partial charge >= 0.3 is 0 Å². The second kappa shape index (κ2) is 5.44. The molecule has 2 heterocycles. The Bertz CT molecular complexity index is 353. The Kier molecular flexibility index (Phi) is 3.93. The highest BCUT2D eigenvalue weighted by molar-refractivity contribution is 5.40. The fourth-order valence-corrected chi connectivity index (χ4v) is 1.87. The molecule has 0 spiro atoms. The predicted octanol–water partition coefficient (Wildman–Crippen LogP) is 0.332. The highest BCUT2D eigenvalue weighted by Gasteiger charge is 2.20. The Balaban J connectivity index is 2.06. The Morgan fingerprint density at radius 1 is 1.59 bits per heavy atom. The van der Waals surface area contributed by atoms with Crippen molar-refractivity contribution in [1.29, 1.82) is 0 Å². The van der Waals surface area contributed by atoms with E-state index in [9.17, 15) is 5.11 Å². The maximum absolute atomic E-state index is 9.40. The summed E-state index contributed by atoms with van der Waals surface area (Å²) < 4.78 is 5.38. The van der Waals surface area contributed by atoms with Crippen molar-refractivity contribution >= 4 is 5.82 Å². The first-order valence-corrected chi connectivity index (χ1v) is 5.82. The van der Waals surface area contributed by atoms with E-state index in [4.69, 9.17) is 9.84 Å². The molecule has 0 aromatic carbocycles. The number of pyridine rings is 1. The van der Waals surface area contributed by atoms with Crippen molar-refractivity contribution in [3.8, 4) is 0 Å². The number of aromatic nitrogens is 1. The first-order valence-electron chi connectivity index (χ1n) is 5.82. The van der Waals surface area contributed by atoms with E-state index >= 15 is 0 Å². The molecule has 1 aliphatic heterocycles. The van der Waals surface area contributed by atoms with Crippen molar-refractivity contribution in [3.63, 3.8) is 0 Å². The lowest BCUT2D eigenvalue weighted by molar-refractivity contribution is 0.00336. The minimum absolute atomic E-state index is 0.0300. The lowest BCUT2D eigenvalue weighted by Gasteiger charge is -2.32. The van der Waals surface area contributed by atoms with Gasteiger partial charge in [0.15, 0.2) is 0 Å². The normalized spacial score (nSPS) is 22.5. The molecular formula is C12H18N2O3. The second-order valence-corrected chi connectivity index (χ2v) is 4.25. The monoisotopic (exact) mass is 238 g/mol. The van der Waals surface area contributed by atoms with Crippen molar-refractivity contribution in [2.45, 2.75) is 19.1 Å². The fraction of sp³-hybridized carbons (Fsp3) is 0.583. The molecule has 0 radical (unpaired) electrons. The number of rotatable bonds is 3. The van der Waals surface area contributed by atoms with E-state index in [2.05, 4.69) is 9.88 Å². The third-order valence-electron chi connectivity index (χ3n) is 2.92. The van der Waals surface area contributed by atoms with Crippen LogP contribution in [0.15, 0.2) is 18.3 Å². The van der Waals surface area contributed by atoms with Gasteiger partial charge in [0.1, 0.15) is 5.82 Å². The number of nitrogens with zero attached hydrogens (tertiary/aromatic N) is 2. The van der Waals surface area contributed by atoms with E-state index in [1.807, 2.05) is 12.1 Å². The maximum Gasteiger partial charge on any atom is 0.128 e. The zero-order chi connectivity index (χ0) is 12.3. The van der Waals surface area contributed by atoms with Gasteiger partial charge in [-0.15, -0.1) is 0 Å². The molecule has 5 nitrogen and oxygen atoms in total. The van der Waals surface area contributed by atoms with Crippen molar-refractivity contribution in [3.05, 3.63) is 23.9 Å². The largest absolute Gasteiger partial charge is 0.394 e. The summed E-state index contributed by atoms with van der Waals surface area (Å²) in [6.45, 7) is 3.77. The Morgan fingerprint density at radius 2 is 2.41 bits per heavy atom. The summed E-state index contributed by atoms with van der Waals surface area (Å²) in [5.41, 5.74) is 0.806. The van der Waals surface area contributed by atoms with Gasteiger partial charge in [-0.05, 0) is 18.6 Å². The van der Waals surface area contributed by atoms with E-state index in [0.717, 1.165) is 17.9 Å². The van der Waals surface area contributed by atoms with Gasteiger partial charge in [-0.1, -0.05) is 6.07 Å². The van der Waals surface area contributed by atoms with Gasteiger partial charge in [-0.3, -0.25) is 0 Å². The van der Waals surface area contributed by atoms with Crippen LogP contribution in [0, 0.1) is 0 Å². The lowest BCUT2D eigenvalue weighted by Crippen LogP contribution is -2.44. The van der Waals surface area contributed by atoms with Crippen LogP contribution in [0.4, 0.5) is 5.82 Å². The summed E-state index contributed by atoms with van der Waals surface area (Å²) in [5.74, 6) is 0.858. The average Bonchev–Trinajstić information content (AvgIpc) is 2.39. The third-order valence-corrected chi connectivity index (χ3v) is 2.92. The van der Waals surface area contributed by atoms with E-state index in [1.54, 1.807) is 13.1 Å². The van der Waals surface area contributed by atoms with Gasteiger partial charge in [0.2, 0.25) is 0 Å². The van der Waals surface area contributed by atoms with Crippen LogP contribution in [0.2, 0.25) is 0 Å². The molecular weight excluding hydrogens is 220 g/mol. The van der Waals surface area contributed by atoms with Crippen LogP contribution >= 0.6 is 0 Å². The predicted molar refractivity (Wildman–Crippen MR) is 63.9 cm³/mol. The quantitative estimate of drug-likeness (QED) is 0.794. The molecule has 2 atom stereocenters. The summed E-state index contributed by atoms with van der Waals surface area (Å²) in [4.78, 5) is 6.40. The molecule has 1 aromatic rings. The Labute approximate surface area is 101 Å². The van der Waals surface area contributed by atoms with Crippen molar-refractivity contribution in [1.82, 2.24) is 4.98 Å². The standard InChI is InChI=1S/C12H18N2O3/c1-9(16)10-2-3-12(13-6-10)14-4-5-17-11(7-14)8-15/h2-3,6,9,11,15-16H,4-5,7-8H2,1H3. The van der Waals surface area contributed by atoms with Gasteiger partial charge in [0, 0.05) is 19.3 Å². The number of ether oxygens (including phenoxy) is 1. The van der Waals surface area contributed by atoms with Gasteiger partial charge in [0.25, 0.3) is 0 Å². The summed E-state index contributed by atoms with van der Waals surface area (Å²) >= 11 is 0. The number of aliphatic hydroxyl groups excluding tert-OH is 2. The van der Waals surface area contributed by atoms with Crippen molar-refractivity contribution in [2.24, 2.45) is 0 Å². The molecule has 0 amide bonds. The van der Waals surface area contributed by atoms with E-state index in [1.165, 1.54) is 0 Å². The lowest BCUT2D eigenvalue weighted by atomic mass is 10.2. The average molecular weight is 238 g/mol. The number of hydrogen-bond acceptors (Lipinski definition) is 5. The Morgan fingerprint density at radius 3 is 3.00 bits per heavy atom. The van der Waals surface area contributed by atoms with Gasteiger partial charge in [-0.2, -0.15) is 0 Å². The third kappa shape index (κ3) is 2.94. The molecule has 2 unspecified atom stereocenters. The number of aliphatic hydroxyl groups is 2. The minimum Gasteiger partial charge on any atom is -0.394 e. The van der Waals surface area contributed by atoms with Gasteiger partial charge in [0.05, 0.1) is 25.4 Å². The van der Waals surface area contributed by atoms with Crippen molar-refractivity contribution < 1.29 is 14.9 Å². The van der Waals surface area contributed by atoms with Crippen LogP contribution in [0.1, 0.15) is 18.6 Å². The van der Waals surface area contributed by atoms with Gasteiger partial charge < -0.3 is 19.8 Å². The molecule has 1 aromatic heterocycles. The summed E-state index contributed by atoms with van der Waals surface area (Å²) in [5, 5.41) is 18.5. The molecule has 0 bridgehead atoms. The number of morpholine rings is 1. The molecule has 94 valence electrons. The van der Waals surface area contributed by atoms with Crippen LogP contribution in [0.3, 0.4) is 0 Å². The molecule has 1 fully saturated rings. The zero-order valence-corrected chi connectivity index (χ0v) is 9.91. The van der Waals surface area contributed by atoms with Crippen LogP contribution in [0.25, 0.3) is 0 Å². The molecule has 0 aliphatic carbocycles. The highest BCUT2D eigenvalue weighted by Crippen LogP contribution is 2.18. The molecule has 2 rings (SSSR count). The van der Waals surface area contributed by atoms with Crippen LogP contribution in [-0.4, -0.2) is 47.6 Å². The van der Waals surface area contributed by atoms with Gasteiger partial charge in [-0.25, -0.2) is 4.98 Å². The fourth-order valence-electron chi connectivity index (χ4n) is 1.87. The van der Waals surface area contributed by atoms with Crippen LogP contribution < -0.4 is 4.90 Å². The van der Waals surface area contributed by atoms with Crippen LogP contribution in [0.5, 0.6) is 0 Å². The molecule has 5 heteroatoms. The number of anilines is 1. The molecule has 17 heavy (non-hydrogen) atoms. The topological polar surface area (TPSA) is 65.8 Å². The smallest absolute Gasteiger partial charge is 0.128 e. The summed E-state index contributed by atoms with van der Waals surface area (Å²) in [6.07, 6.45) is 1.05. The first-order chi connectivity index (χ1) is 8.20. The summed E-state index contributed by atoms with van der Waals surface area (Å²) in [7, 11) is 0. The van der Waals surface area contributed by atoms with Crippen LogP contribution in [-0.2, 0) is 4.74 Å². The second-order valence-electron chi connectivity index (χ2n) is 4.25. The molecule has 2 N–H and O–H groups in total. The van der Waals surface area contributed by atoms with E-state index in [0.29, 0.717) is 13.2 Å². The van der Waals surface area contributed by atoms with E-state index < -0.39 is 6.10 Å². The maximum atomic E-state index is 9.40. The SMILES string of the molecule is CC(O)c1ccc(N2CCOC(CO)C2)nc1. The minimum atomic E-state index is -0.494. The van der Waals surface area contributed by atoms with Crippen molar-refractivity contribution in [2.75, 3.05) is 31.2 Å². The summed E-state index contributed by atoms with van der Waals surface area (Å²) in [6, 6.07) is 3.76. The van der Waals surface area contributed by atoms with E-state index in [-0.39, 0.29) is 12.7 Å². The zero-order valence-electron chi connectivity index (χ0n) is 9.91. The highest BCUT2D eigenvalue weighted by atomic mass is 16.5. The number of hydrogen-bond donors (Lipinski definition) is 2. The first kappa shape index (κ1) is 12.3. The molecule has 1 saturated heterocycles.